The van der Waals surface area contributed by atoms with Gasteiger partial charge in [0.25, 0.3) is 5.91 Å². The molecule has 2 saturated heterocycles. The van der Waals surface area contributed by atoms with Crippen LogP contribution in [0.15, 0.2) is 18.2 Å². The number of hydrogen-bond acceptors (Lipinski definition) is 4. The highest BCUT2D eigenvalue weighted by molar-refractivity contribution is 5.95. The molecule has 1 amide bonds. The van der Waals surface area contributed by atoms with Crippen LogP contribution in [0.3, 0.4) is 0 Å². The minimum Gasteiger partial charge on any atom is -0.378 e. The van der Waals surface area contributed by atoms with Crippen LogP contribution in [-0.2, 0) is 4.74 Å². The molecule has 3 rings (SSSR count). The molecule has 0 aliphatic carbocycles. The van der Waals surface area contributed by atoms with Gasteiger partial charge in [-0.3, -0.25) is 4.79 Å². The number of nitrogens with one attached hydrogen (secondary N) is 1. The summed E-state index contributed by atoms with van der Waals surface area (Å²) in [5.74, 6) is 0.874. The molecule has 5 heteroatoms. The number of carbonyl (C=O) groups is 1. The van der Waals surface area contributed by atoms with Gasteiger partial charge < -0.3 is 19.9 Å². The van der Waals surface area contributed by atoms with E-state index < -0.39 is 0 Å². The van der Waals surface area contributed by atoms with Crippen LogP contribution in [0.25, 0.3) is 0 Å². The second kappa shape index (κ2) is 7.99. The van der Waals surface area contributed by atoms with Gasteiger partial charge in [-0.2, -0.15) is 0 Å². The van der Waals surface area contributed by atoms with Crippen molar-refractivity contribution in [1.29, 1.82) is 0 Å². The van der Waals surface area contributed by atoms with Crippen molar-refractivity contribution in [3.05, 3.63) is 29.3 Å². The SMILES string of the molecule is Cc1cc(C(=O)N2CCOCC2)ccc1N(C)CC1CCNCC1. The van der Waals surface area contributed by atoms with Gasteiger partial charge in [-0.05, 0) is 62.5 Å². The molecule has 0 radical (unpaired) electrons. The highest BCUT2D eigenvalue weighted by Crippen LogP contribution is 2.24. The highest BCUT2D eigenvalue weighted by Gasteiger charge is 2.20. The fraction of sp³-hybridized carbons (Fsp3) is 0.632. The lowest BCUT2D eigenvalue weighted by atomic mass is 9.97. The van der Waals surface area contributed by atoms with Gasteiger partial charge in [0, 0.05) is 37.9 Å². The summed E-state index contributed by atoms with van der Waals surface area (Å²) in [6, 6.07) is 6.11. The van der Waals surface area contributed by atoms with Crippen LogP contribution in [-0.4, -0.2) is 63.8 Å². The zero-order valence-corrected chi connectivity index (χ0v) is 14.9. The minimum atomic E-state index is 0.119. The van der Waals surface area contributed by atoms with E-state index in [4.69, 9.17) is 4.74 Å². The van der Waals surface area contributed by atoms with Crippen molar-refractivity contribution in [1.82, 2.24) is 10.2 Å². The Morgan fingerprint density at radius 1 is 1.29 bits per heavy atom. The molecule has 1 aromatic rings. The monoisotopic (exact) mass is 331 g/mol. The third kappa shape index (κ3) is 4.08. The average molecular weight is 331 g/mol. The van der Waals surface area contributed by atoms with Crippen LogP contribution in [0, 0.1) is 12.8 Å². The molecule has 24 heavy (non-hydrogen) atoms. The van der Waals surface area contributed by atoms with Crippen molar-refractivity contribution in [3.8, 4) is 0 Å². The molecule has 0 spiro atoms. The zero-order chi connectivity index (χ0) is 16.9. The van der Waals surface area contributed by atoms with E-state index in [1.54, 1.807) is 0 Å². The first-order valence-electron chi connectivity index (χ1n) is 9.04. The Morgan fingerprint density at radius 2 is 2.00 bits per heavy atom. The number of carbonyl (C=O) groups excluding carboxylic acids is 1. The van der Waals surface area contributed by atoms with E-state index in [2.05, 4.69) is 30.3 Å². The molecule has 0 unspecified atom stereocenters. The summed E-state index contributed by atoms with van der Waals surface area (Å²) in [7, 11) is 2.16. The van der Waals surface area contributed by atoms with E-state index >= 15 is 0 Å². The number of piperidine rings is 1. The highest BCUT2D eigenvalue weighted by atomic mass is 16.5. The third-order valence-corrected chi connectivity index (χ3v) is 5.14. The lowest BCUT2D eigenvalue weighted by Crippen LogP contribution is -2.40. The average Bonchev–Trinajstić information content (AvgIpc) is 2.62. The van der Waals surface area contributed by atoms with E-state index in [0.717, 1.165) is 31.1 Å². The molecule has 0 bridgehead atoms. The van der Waals surface area contributed by atoms with Crippen molar-refractivity contribution in [3.63, 3.8) is 0 Å². The first-order valence-corrected chi connectivity index (χ1v) is 9.04. The van der Waals surface area contributed by atoms with Gasteiger partial charge >= 0.3 is 0 Å². The number of hydrogen-bond donors (Lipinski definition) is 1. The number of benzene rings is 1. The van der Waals surface area contributed by atoms with Crippen LogP contribution >= 0.6 is 0 Å². The topological polar surface area (TPSA) is 44.8 Å². The molecular formula is C19H29N3O2. The first-order chi connectivity index (χ1) is 11.6. The Hall–Kier alpha value is -1.59. The summed E-state index contributed by atoms with van der Waals surface area (Å²) in [6.07, 6.45) is 2.49. The van der Waals surface area contributed by atoms with Gasteiger partial charge in [0.1, 0.15) is 0 Å². The van der Waals surface area contributed by atoms with Gasteiger partial charge in [-0.1, -0.05) is 0 Å². The smallest absolute Gasteiger partial charge is 0.254 e. The molecule has 1 aromatic carbocycles. The summed E-state index contributed by atoms with van der Waals surface area (Å²) in [6.45, 7) is 8.10. The number of anilines is 1. The van der Waals surface area contributed by atoms with Crippen molar-refractivity contribution in [2.75, 3.05) is 57.9 Å². The summed E-state index contributed by atoms with van der Waals surface area (Å²) in [4.78, 5) is 16.8. The number of rotatable bonds is 4. The van der Waals surface area contributed by atoms with Crippen molar-refractivity contribution < 1.29 is 9.53 Å². The minimum absolute atomic E-state index is 0.119. The van der Waals surface area contributed by atoms with Crippen molar-refractivity contribution >= 4 is 11.6 Å². The zero-order valence-electron chi connectivity index (χ0n) is 14.9. The number of amides is 1. The Kier molecular flexibility index (Phi) is 5.74. The predicted molar refractivity (Wildman–Crippen MR) is 96.8 cm³/mol. The molecule has 1 N–H and O–H groups in total. The maximum absolute atomic E-state index is 12.6. The molecule has 0 aromatic heterocycles. The van der Waals surface area contributed by atoms with Gasteiger partial charge in [0.2, 0.25) is 0 Å². The standard InChI is InChI=1S/C19H29N3O2/c1-15-13-17(19(23)22-9-11-24-12-10-22)3-4-18(15)21(2)14-16-5-7-20-8-6-16/h3-4,13,16,20H,5-12,14H2,1-2H3. The maximum Gasteiger partial charge on any atom is 0.254 e. The van der Waals surface area contributed by atoms with Crippen molar-refractivity contribution in [2.24, 2.45) is 5.92 Å². The Balaban J connectivity index is 1.66. The van der Waals surface area contributed by atoms with E-state index in [1.165, 1.54) is 24.1 Å². The lowest BCUT2D eigenvalue weighted by molar-refractivity contribution is 0.0303. The second-order valence-corrected chi connectivity index (χ2v) is 6.98. The van der Waals surface area contributed by atoms with Gasteiger partial charge in [0.15, 0.2) is 0 Å². The second-order valence-electron chi connectivity index (χ2n) is 6.98. The number of nitrogens with zero attached hydrogens (tertiary/aromatic N) is 2. The molecule has 0 atom stereocenters. The quantitative estimate of drug-likeness (QED) is 0.915. The van der Waals surface area contributed by atoms with Crippen LogP contribution in [0.2, 0.25) is 0 Å². The Morgan fingerprint density at radius 3 is 2.67 bits per heavy atom. The molecule has 132 valence electrons. The number of aryl methyl sites for hydroxylation is 1. The van der Waals surface area contributed by atoms with Crippen LogP contribution in [0.5, 0.6) is 0 Å². The van der Waals surface area contributed by atoms with E-state index in [0.29, 0.717) is 26.3 Å². The Labute approximate surface area is 145 Å². The molecule has 2 aliphatic rings. The van der Waals surface area contributed by atoms with Crippen LogP contribution < -0.4 is 10.2 Å². The molecule has 0 saturated carbocycles. The summed E-state index contributed by atoms with van der Waals surface area (Å²) >= 11 is 0. The first kappa shape index (κ1) is 17.2. The molecule has 2 heterocycles. The van der Waals surface area contributed by atoms with E-state index in [9.17, 15) is 4.79 Å². The van der Waals surface area contributed by atoms with Crippen LogP contribution in [0.1, 0.15) is 28.8 Å². The number of ether oxygens (including phenoxy) is 1. The van der Waals surface area contributed by atoms with E-state index in [-0.39, 0.29) is 5.91 Å². The molecule has 2 fully saturated rings. The summed E-state index contributed by atoms with van der Waals surface area (Å²) in [5, 5.41) is 3.42. The van der Waals surface area contributed by atoms with Crippen molar-refractivity contribution in [2.45, 2.75) is 19.8 Å². The lowest BCUT2D eigenvalue weighted by Gasteiger charge is -2.30. The van der Waals surface area contributed by atoms with E-state index in [1.807, 2.05) is 17.0 Å². The van der Waals surface area contributed by atoms with Gasteiger partial charge in [0.05, 0.1) is 13.2 Å². The summed E-state index contributed by atoms with van der Waals surface area (Å²) in [5.41, 5.74) is 3.19. The number of morpholine rings is 1. The largest absolute Gasteiger partial charge is 0.378 e. The Bertz CT molecular complexity index is 564. The fourth-order valence-corrected chi connectivity index (χ4v) is 3.72. The van der Waals surface area contributed by atoms with Crippen LogP contribution in [0.4, 0.5) is 5.69 Å². The maximum atomic E-state index is 12.6. The molecule has 5 nitrogen and oxygen atoms in total. The fourth-order valence-electron chi connectivity index (χ4n) is 3.72. The summed E-state index contributed by atoms with van der Waals surface area (Å²) < 4.78 is 5.33. The van der Waals surface area contributed by atoms with Gasteiger partial charge in [-0.25, -0.2) is 0 Å². The molecule has 2 aliphatic heterocycles. The van der Waals surface area contributed by atoms with Gasteiger partial charge in [-0.15, -0.1) is 0 Å². The molecular weight excluding hydrogens is 302 g/mol. The normalized spacial score (nSPS) is 19.3. The predicted octanol–water partition coefficient (Wildman–Crippen LogP) is 1.90. The third-order valence-electron chi connectivity index (χ3n) is 5.14.